The number of benzene rings is 3. The third-order valence-corrected chi connectivity index (χ3v) is 6.67. The maximum Gasteiger partial charge on any atom is 0.263 e. The molecule has 0 radical (unpaired) electrons. The van der Waals surface area contributed by atoms with Crippen LogP contribution in [0.1, 0.15) is 39.2 Å². The number of nitrogens with two attached hydrogens (primary N) is 2. The Morgan fingerprint density at radius 2 is 1.74 bits per heavy atom. The second-order valence-electron chi connectivity index (χ2n) is 9.49. The van der Waals surface area contributed by atoms with Gasteiger partial charge in [-0.3, -0.25) is 24.2 Å². The van der Waals surface area contributed by atoms with Crippen LogP contribution < -0.4 is 17.0 Å². The normalized spacial score (nSPS) is 17.3. The van der Waals surface area contributed by atoms with Gasteiger partial charge in [-0.15, -0.1) is 0 Å². The number of carbonyl (C=O) groups is 1. The van der Waals surface area contributed by atoms with Crippen LogP contribution in [0.2, 0.25) is 0 Å². The molecule has 0 bridgehead atoms. The smallest absolute Gasteiger partial charge is 0.263 e. The van der Waals surface area contributed by atoms with Crippen LogP contribution in [0.15, 0.2) is 92.7 Å². The van der Waals surface area contributed by atoms with Gasteiger partial charge in [0.05, 0.1) is 23.3 Å². The fourth-order valence-electron chi connectivity index (χ4n) is 4.77. The van der Waals surface area contributed by atoms with Crippen molar-refractivity contribution < 1.29 is 4.79 Å². The number of hydrogen-bond acceptors (Lipinski definition) is 7. The van der Waals surface area contributed by atoms with Crippen LogP contribution in [0.25, 0.3) is 16.5 Å². The number of hydrazone groups is 1. The summed E-state index contributed by atoms with van der Waals surface area (Å²) in [6.07, 6.45) is 1.66. The van der Waals surface area contributed by atoms with Gasteiger partial charge in [-0.25, -0.2) is 4.99 Å². The van der Waals surface area contributed by atoms with Crippen LogP contribution in [0.4, 0.5) is 0 Å². The van der Waals surface area contributed by atoms with Gasteiger partial charge in [-0.1, -0.05) is 48.5 Å². The molecule has 1 amide bonds. The van der Waals surface area contributed by atoms with Crippen LogP contribution in [0.5, 0.6) is 0 Å². The Morgan fingerprint density at radius 1 is 0.974 bits per heavy atom. The van der Waals surface area contributed by atoms with E-state index in [-0.39, 0.29) is 25.2 Å². The molecule has 39 heavy (non-hydrogen) atoms. The number of primary amides is 1. The minimum absolute atomic E-state index is 0.0893. The van der Waals surface area contributed by atoms with E-state index in [0.717, 1.165) is 27.9 Å². The minimum Gasteiger partial charge on any atom is -0.387 e. The predicted molar refractivity (Wildman–Crippen MR) is 156 cm³/mol. The Morgan fingerprint density at radius 3 is 2.54 bits per heavy atom. The standard InChI is InChI=1S/C30H29N7O2/c1-19-7-3-4-12-26(19)37-24(14-22-10-5-8-20(2)28(22)30(37)39)16-36-18-33-17-34-27(31)15-25(35-36)21-9-6-11-23(13-21)29(32)38/h3-14,17H,15-16,18H2,1-2H3,(H2,32,38)(H2,31,33,34)/b35-25+. The molecule has 1 aliphatic rings. The van der Waals surface area contributed by atoms with Gasteiger partial charge in [0.15, 0.2) is 0 Å². The second-order valence-corrected chi connectivity index (χ2v) is 9.49. The molecule has 0 aliphatic carbocycles. The molecule has 0 saturated carbocycles. The van der Waals surface area contributed by atoms with Crippen molar-refractivity contribution >= 4 is 34.6 Å². The molecule has 0 fully saturated rings. The molecule has 196 valence electrons. The van der Waals surface area contributed by atoms with Gasteiger partial charge in [-0.2, -0.15) is 5.10 Å². The van der Waals surface area contributed by atoms with Crippen molar-refractivity contribution in [3.8, 4) is 5.69 Å². The third kappa shape index (κ3) is 5.33. The van der Waals surface area contributed by atoms with Crippen LogP contribution in [-0.2, 0) is 6.54 Å². The highest BCUT2D eigenvalue weighted by Crippen LogP contribution is 2.22. The van der Waals surface area contributed by atoms with Crippen LogP contribution in [0.3, 0.4) is 0 Å². The van der Waals surface area contributed by atoms with E-state index in [2.05, 4.69) is 9.98 Å². The molecule has 0 unspecified atom stereocenters. The summed E-state index contributed by atoms with van der Waals surface area (Å²) in [5.41, 5.74) is 16.7. The van der Waals surface area contributed by atoms with Crippen LogP contribution in [-0.4, -0.2) is 40.0 Å². The highest BCUT2D eigenvalue weighted by atomic mass is 16.1. The molecule has 3 aromatic carbocycles. The molecule has 2 heterocycles. The van der Waals surface area contributed by atoms with Gasteiger partial charge in [0.1, 0.15) is 18.8 Å². The molecule has 4 aromatic rings. The molecule has 9 heteroatoms. The number of amidine groups is 1. The van der Waals surface area contributed by atoms with Crippen molar-refractivity contribution in [3.05, 3.63) is 111 Å². The molecule has 0 spiro atoms. The van der Waals surface area contributed by atoms with E-state index in [1.165, 1.54) is 6.34 Å². The molecule has 4 N–H and O–H groups in total. The molecule has 0 saturated heterocycles. The van der Waals surface area contributed by atoms with Gasteiger partial charge >= 0.3 is 0 Å². The van der Waals surface area contributed by atoms with E-state index in [9.17, 15) is 9.59 Å². The quantitative estimate of drug-likeness (QED) is 0.416. The molecule has 1 aliphatic heterocycles. The molecular formula is C30H29N7O2. The summed E-state index contributed by atoms with van der Waals surface area (Å²) in [5.74, 6) is -0.196. The molecule has 5 rings (SSSR count). The van der Waals surface area contributed by atoms with Crippen molar-refractivity contribution in [2.75, 3.05) is 6.67 Å². The third-order valence-electron chi connectivity index (χ3n) is 6.67. The number of pyridine rings is 1. The number of nitrogens with zero attached hydrogens (tertiary/aromatic N) is 5. The van der Waals surface area contributed by atoms with Crippen molar-refractivity contribution in [2.24, 2.45) is 26.6 Å². The monoisotopic (exact) mass is 519 g/mol. The second kappa shape index (κ2) is 10.7. The number of para-hydroxylation sites is 1. The first-order valence-electron chi connectivity index (χ1n) is 12.5. The zero-order chi connectivity index (χ0) is 27.5. The van der Waals surface area contributed by atoms with Gasteiger partial charge in [0.25, 0.3) is 5.56 Å². The summed E-state index contributed by atoms with van der Waals surface area (Å²) < 4.78 is 1.76. The topological polar surface area (TPSA) is 131 Å². The van der Waals surface area contributed by atoms with Crippen molar-refractivity contribution in [2.45, 2.75) is 26.8 Å². The number of aromatic nitrogens is 1. The van der Waals surface area contributed by atoms with E-state index < -0.39 is 5.91 Å². The predicted octanol–water partition coefficient (Wildman–Crippen LogP) is 3.66. The summed E-state index contributed by atoms with van der Waals surface area (Å²) in [7, 11) is 0. The highest BCUT2D eigenvalue weighted by Gasteiger charge is 2.18. The Balaban J connectivity index is 1.67. The first-order valence-corrected chi connectivity index (χ1v) is 12.5. The zero-order valence-corrected chi connectivity index (χ0v) is 21.8. The van der Waals surface area contributed by atoms with Crippen molar-refractivity contribution in [1.82, 2.24) is 9.58 Å². The number of aryl methyl sites for hydroxylation is 2. The molecule has 9 nitrogen and oxygen atoms in total. The Bertz CT molecular complexity index is 1730. The van der Waals surface area contributed by atoms with Gasteiger partial charge in [0.2, 0.25) is 5.91 Å². The lowest BCUT2D eigenvalue weighted by molar-refractivity contribution is 0.1000. The van der Waals surface area contributed by atoms with Gasteiger partial charge in [-0.05, 0) is 60.2 Å². The zero-order valence-electron chi connectivity index (χ0n) is 21.8. The number of amides is 1. The number of carbonyl (C=O) groups excluding carboxylic acids is 1. The maximum absolute atomic E-state index is 14.0. The first-order chi connectivity index (χ1) is 18.8. The van der Waals surface area contributed by atoms with E-state index in [1.807, 2.05) is 68.4 Å². The fraction of sp³-hybridized carbons (Fsp3) is 0.167. The Kier molecular flexibility index (Phi) is 7.05. The minimum atomic E-state index is -0.531. The highest BCUT2D eigenvalue weighted by molar-refractivity contribution is 6.13. The van der Waals surface area contributed by atoms with Crippen molar-refractivity contribution in [1.29, 1.82) is 0 Å². The lowest BCUT2D eigenvalue weighted by Crippen LogP contribution is -2.28. The van der Waals surface area contributed by atoms with E-state index >= 15 is 0 Å². The number of rotatable bonds is 5. The number of hydrogen-bond donors (Lipinski definition) is 2. The lowest BCUT2D eigenvalue weighted by Gasteiger charge is -2.23. The molecular weight excluding hydrogens is 490 g/mol. The van der Waals surface area contributed by atoms with Gasteiger partial charge in [0, 0.05) is 17.7 Å². The summed E-state index contributed by atoms with van der Waals surface area (Å²) in [5, 5.41) is 8.21. The summed E-state index contributed by atoms with van der Waals surface area (Å²) in [6.45, 7) is 4.40. The SMILES string of the molecule is Cc1ccccc1-n1c(CN2C/N=C\N=C(\N)C/C(c3cccc(C(N)=O)c3)=N\2)cc2cccc(C)c2c1=O. The van der Waals surface area contributed by atoms with E-state index in [1.54, 1.807) is 27.8 Å². The van der Waals surface area contributed by atoms with Gasteiger partial charge < -0.3 is 11.5 Å². The van der Waals surface area contributed by atoms with E-state index in [4.69, 9.17) is 16.6 Å². The Labute approximate surface area is 225 Å². The molecule has 0 atom stereocenters. The summed E-state index contributed by atoms with van der Waals surface area (Å²) in [4.78, 5) is 34.4. The first kappa shape index (κ1) is 25.6. The summed E-state index contributed by atoms with van der Waals surface area (Å²) in [6, 6.07) is 22.6. The number of fused-ring (bicyclic) bond motifs is 1. The van der Waals surface area contributed by atoms with E-state index in [0.29, 0.717) is 28.1 Å². The lowest BCUT2D eigenvalue weighted by atomic mass is 10.0. The maximum atomic E-state index is 14.0. The average molecular weight is 520 g/mol. The summed E-state index contributed by atoms with van der Waals surface area (Å²) >= 11 is 0. The van der Waals surface area contributed by atoms with Crippen molar-refractivity contribution in [3.63, 3.8) is 0 Å². The largest absolute Gasteiger partial charge is 0.387 e. The molecule has 1 aromatic heterocycles. The fourth-order valence-corrected chi connectivity index (χ4v) is 4.77. The number of aliphatic imine (C=N–C) groups is 2. The average Bonchev–Trinajstić information content (AvgIpc) is 3.00. The van der Waals surface area contributed by atoms with Crippen LogP contribution >= 0.6 is 0 Å². The van der Waals surface area contributed by atoms with Crippen LogP contribution in [0, 0.1) is 13.8 Å². The Hall–Kier alpha value is -5.05.